The summed E-state index contributed by atoms with van der Waals surface area (Å²) in [4.78, 5) is 27.1. The summed E-state index contributed by atoms with van der Waals surface area (Å²) >= 11 is 0. The smallest absolute Gasteiger partial charge is 0.272 e. The molecule has 0 aliphatic carbocycles. The van der Waals surface area contributed by atoms with Gasteiger partial charge in [0.1, 0.15) is 0 Å². The highest BCUT2D eigenvalue weighted by Gasteiger charge is 2.20. The van der Waals surface area contributed by atoms with Crippen molar-refractivity contribution in [3.63, 3.8) is 0 Å². The van der Waals surface area contributed by atoms with Gasteiger partial charge in [0.05, 0.1) is 10.3 Å². The van der Waals surface area contributed by atoms with Crippen molar-refractivity contribution in [3.8, 4) is 0 Å². The van der Waals surface area contributed by atoms with E-state index in [1.165, 1.54) is 12.1 Å². The number of fused-ring (bicyclic) bond motifs is 1. The first-order valence-electron chi connectivity index (χ1n) is 8.64. The van der Waals surface area contributed by atoms with Crippen molar-refractivity contribution >= 4 is 26.7 Å². The molecule has 0 aliphatic heterocycles. The van der Waals surface area contributed by atoms with Crippen molar-refractivity contribution < 1.29 is 13.2 Å². The van der Waals surface area contributed by atoms with Gasteiger partial charge in [0, 0.05) is 11.9 Å². The third kappa shape index (κ3) is 3.67. The number of hydrogen-bond acceptors (Lipinski definition) is 5. The topological polar surface area (TPSA) is 110 Å². The van der Waals surface area contributed by atoms with E-state index in [0.29, 0.717) is 10.8 Å². The van der Waals surface area contributed by atoms with Crippen molar-refractivity contribution in [1.29, 1.82) is 0 Å². The van der Waals surface area contributed by atoms with E-state index in [2.05, 4.69) is 15.4 Å². The number of nitrogens with one attached hydrogen (secondary N) is 2. The molecule has 2 aromatic carbocycles. The van der Waals surface area contributed by atoms with Gasteiger partial charge < -0.3 is 0 Å². The quantitative estimate of drug-likeness (QED) is 0.633. The van der Waals surface area contributed by atoms with Crippen LogP contribution in [0.5, 0.6) is 0 Å². The number of nitrogens with zero attached hydrogens (tertiary/aromatic N) is 2. The van der Waals surface area contributed by atoms with Crippen molar-refractivity contribution in [3.05, 3.63) is 69.6 Å². The van der Waals surface area contributed by atoms with Crippen LogP contribution in [0.2, 0.25) is 0 Å². The van der Waals surface area contributed by atoms with Crippen LogP contribution in [0, 0.1) is 13.8 Å². The number of carbonyl (C=O) groups excluding carboxylic acids is 1. The Morgan fingerprint density at radius 3 is 2.39 bits per heavy atom. The molecule has 3 aromatic rings. The minimum atomic E-state index is -3.96. The fourth-order valence-electron chi connectivity index (χ4n) is 2.73. The summed E-state index contributed by atoms with van der Waals surface area (Å²) in [6, 6.07) is 11.2. The normalized spacial score (nSPS) is 11.5. The number of aromatic nitrogens is 2. The average Bonchev–Trinajstić information content (AvgIpc) is 2.68. The average molecular weight is 400 g/mol. The maximum Gasteiger partial charge on any atom is 0.287 e. The van der Waals surface area contributed by atoms with Gasteiger partial charge in [-0.1, -0.05) is 24.3 Å². The van der Waals surface area contributed by atoms with Gasteiger partial charge in [-0.05, 0) is 50.1 Å². The highest BCUT2D eigenvalue weighted by Crippen LogP contribution is 2.15. The number of amides is 1. The molecule has 28 heavy (non-hydrogen) atoms. The lowest BCUT2D eigenvalue weighted by Crippen LogP contribution is -2.42. The van der Waals surface area contributed by atoms with Crippen LogP contribution in [-0.4, -0.2) is 24.1 Å². The van der Waals surface area contributed by atoms with Crippen molar-refractivity contribution in [1.82, 2.24) is 20.0 Å². The maximum atomic E-state index is 12.6. The van der Waals surface area contributed by atoms with Gasteiger partial charge in [0.15, 0.2) is 5.69 Å². The molecule has 146 valence electrons. The lowest BCUT2D eigenvalue weighted by Gasteiger charge is -2.12. The number of rotatable bonds is 5. The molecule has 1 heterocycles. The fraction of sp³-hybridized carbons (Fsp3) is 0.211. The number of hydrazine groups is 1. The zero-order valence-corrected chi connectivity index (χ0v) is 16.5. The van der Waals surface area contributed by atoms with E-state index < -0.39 is 15.9 Å². The summed E-state index contributed by atoms with van der Waals surface area (Å²) < 4.78 is 26.1. The van der Waals surface area contributed by atoms with Crippen molar-refractivity contribution in [2.24, 2.45) is 0 Å². The minimum Gasteiger partial charge on any atom is -0.272 e. The molecule has 0 saturated heterocycles. The van der Waals surface area contributed by atoms with E-state index in [1.807, 2.05) is 6.92 Å². The molecule has 2 N–H and O–H groups in total. The predicted molar refractivity (Wildman–Crippen MR) is 105 cm³/mol. The van der Waals surface area contributed by atoms with E-state index in [-0.39, 0.29) is 22.7 Å². The van der Waals surface area contributed by atoms with Crippen LogP contribution >= 0.6 is 0 Å². The molecule has 0 radical (unpaired) electrons. The number of carbonyl (C=O) groups is 1. The van der Waals surface area contributed by atoms with Crippen molar-refractivity contribution in [2.45, 2.75) is 32.2 Å². The molecule has 0 bridgehead atoms. The second kappa shape index (κ2) is 7.53. The Morgan fingerprint density at radius 2 is 1.75 bits per heavy atom. The summed E-state index contributed by atoms with van der Waals surface area (Å²) in [5, 5.41) is 4.76. The van der Waals surface area contributed by atoms with Gasteiger partial charge in [-0.3, -0.25) is 15.0 Å². The summed E-state index contributed by atoms with van der Waals surface area (Å²) in [5.41, 5.74) is 3.60. The van der Waals surface area contributed by atoms with Crippen molar-refractivity contribution in [2.75, 3.05) is 0 Å². The Hall–Kier alpha value is -3.04. The van der Waals surface area contributed by atoms with Gasteiger partial charge in [0.2, 0.25) is 0 Å². The number of hydrogen-bond donors (Lipinski definition) is 2. The molecule has 8 nitrogen and oxygen atoms in total. The molecule has 0 spiro atoms. The van der Waals surface area contributed by atoms with Gasteiger partial charge >= 0.3 is 0 Å². The van der Waals surface area contributed by atoms with Gasteiger partial charge in [-0.2, -0.15) is 5.10 Å². The summed E-state index contributed by atoms with van der Waals surface area (Å²) in [6.45, 7) is 5.68. The second-order valence-corrected chi connectivity index (χ2v) is 8.00. The zero-order chi connectivity index (χ0) is 20.5. The van der Waals surface area contributed by atoms with Crippen LogP contribution in [0.15, 0.2) is 52.2 Å². The maximum absolute atomic E-state index is 12.6. The Kier molecular flexibility index (Phi) is 5.30. The van der Waals surface area contributed by atoms with Gasteiger partial charge in [-0.25, -0.2) is 13.1 Å². The van der Waals surface area contributed by atoms with Crippen LogP contribution in [0.1, 0.15) is 28.5 Å². The Morgan fingerprint density at radius 1 is 1.07 bits per heavy atom. The molecule has 9 heteroatoms. The van der Waals surface area contributed by atoms with E-state index in [1.54, 1.807) is 44.2 Å². The van der Waals surface area contributed by atoms with E-state index >= 15 is 0 Å². The predicted octanol–water partition coefficient (Wildman–Crippen LogP) is 1.66. The largest absolute Gasteiger partial charge is 0.287 e. The first-order chi connectivity index (χ1) is 13.2. The first-order valence-corrected chi connectivity index (χ1v) is 10.1. The molecule has 1 aromatic heterocycles. The molecular formula is C19H20N4O4S. The molecule has 0 unspecified atom stereocenters. The highest BCUT2D eigenvalue weighted by molar-refractivity contribution is 7.89. The van der Waals surface area contributed by atoms with E-state index in [0.717, 1.165) is 15.8 Å². The second-order valence-electron chi connectivity index (χ2n) is 6.32. The Labute approximate surface area is 162 Å². The first kappa shape index (κ1) is 19.7. The summed E-state index contributed by atoms with van der Waals surface area (Å²) in [5.74, 6) is -0.759. The molecule has 1 amide bonds. The van der Waals surface area contributed by atoms with Crippen LogP contribution in [0.25, 0.3) is 10.8 Å². The van der Waals surface area contributed by atoms with E-state index in [9.17, 15) is 18.0 Å². The number of aryl methyl sites for hydroxylation is 3. The SMILES string of the molecule is CCn1nc(C(=O)NNS(=O)(=O)c2ccc(C)c(C)c2)c2ccccc2c1=O. The Bertz CT molecular complexity index is 1230. The van der Waals surface area contributed by atoms with Crippen LogP contribution in [0.4, 0.5) is 0 Å². The molecule has 3 rings (SSSR count). The molecular weight excluding hydrogens is 380 g/mol. The summed E-state index contributed by atoms with van der Waals surface area (Å²) in [7, 11) is -3.96. The molecule has 0 saturated carbocycles. The lowest BCUT2D eigenvalue weighted by atomic mass is 10.1. The Balaban J connectivity index is 1.92. The number of sulfonamides is 1. The number of benzene rings is 2. The lowest BCUT2D eigenvalue weighted by molar-refractivity contribution is 0.0939. The fourth-order valence-corrected chi connectivity index (χ4v) is 3.65. The third-order valence-electron chi connectivity index (χ3n) is 4.47. The third-order valence-corrected chi connectivity index (χ3v) is 5.72. The highest BCUT2D eigenvalue weighted by atomic mass is 32.2. The zero-order valence-electron chi connectivity index (χ0n) is 15.7. The molecule has 0 atom stereocenters. The van der Waals surface area contributed by atoms with Gasteiger partial charge in [-0.15, -0.1) is 4.83 Å². The van der Waals surface area contributed by atoms with Crippen LogP contribution in [0.3, 0.4) is 0 Å². The standard InChI is InChI=1S/C19H20N4O4S/c1-4-23-19(25)16-8-6-5-7-15(16)17(21-23)18(24)20-22-28(26,27)14-10-9-12(2)13(3)11-14/h5-11,22H,4H2,1-3H3,(H,20,24). The monoisotopic (exact) mass is 400 g/mol. The minimum absolute atomic E-state index is 0.0345. The molecule has 0 aliphatic rings. The van der Waals surface area contributed by atoms with Gasteiger partial charge in [0.25, 0.3) is 21.5 Å². The van der Waals surface area contributed by atoms with E-state index in [4.69, 9.17) is 0 Å². The van der Waals surface area contributed by atoms with Crippen LogP contribution in [-0.2, 0) is 16.6 Å². The molecule has 0 fully saturated rings. The van der Waals surface area contributed by atoms with Crippen LogP contribution < -0.4 is 15.8 Å². The summed E-state index contributed by atoms with van der Waals surface area (Å²) in [6.07, 6.45) is 0.